The third-order valence-corrected chi connectivity index (χ3v) is 3.17. The van der Waals surface area contributed by atoms with Crippen LogP contribution in [-0.2, 0) is 10.5 Å². The maximum absolute atomic E-state index is 11.8. The summed E-state index contributed by atoms with van der Waals surface area (Å²) in [6, 6.07) is 13.1. The van der Waals surface area contributed by atoms with Crippen LogP contribution in [0, 0.1) is 0 Å². The number of aldehydes is 1. The molecule has 0 radical (unpaired) electrons. The molecule has 1 aliphatic rings. The predicted molar refractivity (Wildman–Crippen MR) is 66.7 cm³/mol. The molecule has 0 bridgehead atoms. The molecule has 3 rings (SSSR count). The Hall–Kier alpha value is -2.46. The van der Waals surface area contributed by atoms with E-state index < -0.39 is 11.8 Å². The zero-order valence-corrected chi connectivity index (χ0v) is 9.87. The van der Waals surface area contributed by atoms with Crippen LogP contribution in [0.15, 0.2) is 48.5 Å². The van der Waals surface area contributed by atoms with E-state index in [0.29, 0.717) is 23.0 Å². The van der Waals surface area contributed by atoms with Gasteiger partial charge in [0.15, 0.2) is 0 Å². The van der Waals surface area contributed by atoms with Crippen molar-refractivity contribution in [1.29, 1.82) is 0 Å². The molecule has 0 spiro atoms. The maximum Gasteiger partial charge on any atom is 0.341 e. The molecule has 0 fully saturated rings. The van der Waals surface area contributed by atoms with Gasteiger partial charge in [-0.1, -0.05) is 36.4 Å². The smallest absolute Gasteiger partial charge is 0.341 e. The first-order chi connectivity index (χ1) is 9.15. The second-order valence-electron chi connectivity index (χ2n) is 4.32. The van der Waals surface area contributed by atoms with E-state index in [9.17, 15) is 14.7 Å². The SMILES string of the molecule is O=Cc1ccc2c(c1)C(O)(c1ccccc1)OC2=O. The average molecular weight is 254 g/mol. The summed E-state index contributed by atoms with van der Waals surface area (Å²) in [5.74, 6) is -2.43. The van der Waals surface area contributed by atoms with Gasteiger partial charge >= 0.3 is 5.97 Å². The Labute approximate surface area is 109 Å². The molecule has 0 saturated carbocycles. The Balaban J connectivity index is 2.23. The van der Waals surface area contributed by atoms with Gasteiger partial charge in [0.1, 0.15) is 6.29 Å². The third kappa shape index (κ3) is 1.65. The number of esters is 1. The van der Waals surface area contributed by atoms with Crippen LogP contribution in [0.1, 0.15) is 31.8 Å². The standard InChI is InChI=1S/C15H10O4/c16-9-10-6-7-12-13(8-10)15(18,19-14(12)17)11-4-2-1-3-5-11/h1-9,18H. The summed E-state index contributed by atoms with van der Waals surface area (Å²) < 4.78 is 5.11. The van der Waals surface area contributed by atoms with Crippen LogP contribution in [0.25, 0.3) is 0 Å². The van der Waals surface area contributed by atoms with Gasteiger partial charge in [0.2, 0.25) is 0 Å². The van der Waals surface area contributed by atoms with Gasteiger partial charge in [0.05, 0.1) is 5.56 Å². The number of carbonyl (C=O) groups is 2. The molecule has 4 heteroatoms. The topological polar surface area (TPSA) is 63.6 Å². The second kappa shape index (κ2) is 4.03. The van der Waals surface area contributed by atoms with Crippen LogP contribution < -0.4 is 0 Å². The number of carbonyl (C=O) groups excluding carboxylic acids is 2. The fraction of sp³-hybridized carbons (Fsp3) is 0.0667. The lowest BCUT2D eigenvalue weighted by Gasteiger charge is -2.22. The highest BCUT2D eigenvalue weighted by Crippen LogP contribution is 2.39. The van der Waals surface area contributed by atoms with Gasteiger partial charge in [0, 0.05) is 16.7 Å². The summed E-state index contributed by atoms with van der Waals surface area (Å²) in [4.78, 5) is 22.6. The number of benzene rings is 2. The van der Waals surface area contributed by atoms with Crippen LogP contribution in [0.5, 0.6) is 0 Å². The summed E-state index contributed by atoms with van der Waals surface area (Å²) >= 11 is 0. The van der Waals surface area contributed by atoms with E-state index in [0.717, 1.165) is 0 Å². The molecular formula is C15H10O4. The minimum atomic E-state index is -1.83. The molecular weight excluding hydrogens is 244 g/mol. The number of hydrogen-bond donors (Lipinski definition) is 1. The second-order valence-corrected chi connectivity index (χ2v) is 4.32. The van der Waals surface area contributed by atoms with E-state index in [2.05, 4.69) is 0 Å². The van der Waals surface area contributed by atoms with Crippen molar-refractivity contribution in [2.75, 3.05) is 0 Å². The Kier molecular flexibility index (Phi) is 2.47. The number of ether oxygens (including phenoxy) is 1. The molecule has 2 aromatic rings. The van der Waals surface area contributed by atoms with Crippen LogP contribution in [-0.4, -0.2) is 17.4 Å². The molecule has 1 heterocycles. The molecule has 0 amide bonds. The van der Waals surface area contributed by atoms with Crippen molar-refractivity contribution in [2.24, 2.45) is 0 Å². The first kappa shape index (κ1) is 11.6. The normalized spacial score (nSPS) is 20.8. The Morgan fingerprint density at radius 3 is 2.53 bits per heavy atom. The Morgan fingerprint density at radius 2 is 1.84 bits per heavy atom. The molecule has 2 aromatic carbocycles. The summed E-state index contributed by atoms with van der Waals surface area (Å²) in [5.41, 5.74) is 1.40. The lowest BCUT2D eigenvalue weighted by atomic mass is 9.94. The molecule has 94 valence electrons. The summed E-state index contributed by atoms with van der Waals surface area (Å²) in [6.07, 6.45) is 0.661. The molecule has 4 nitrogen and oxygen atoms in total. The number of cyclic esters (lactones) is 1. The van der Waals surface area contributed by atoms with Crippen LogP contribution >= 0.6 is 0 Å². The van der Waals surface area contributed by atoms with Gasteiger partial charge in [0.25, 0.3) is 5.79 Å². The number of rotatable bonds is 2. The first-order valence-electron chi connectivity index (χ1n) is 5.76. The van der Waals surface area contributed by atoms with E-state index >= 15 is 0 Å². The van der Waals surface area contributed by atoms with Crippen LogP contribution in [0.2, 0.25) is 0 Å². The van der Waals surface area contributed by atoms with E-state index in [4.69, 9.17) is 4.74 Å². The molecule has 1 aliphatic heterocycles. The zero-order valence-electron chi connectivity index (χ0n) is 9.87. The number of aliphatic hydroxyl groups is 1. The van der Waals surface area contributed by atoms with Crippen molar-refractivity contribution < 1.29 is 19.4 Å². The molecule has 1 atom stereocenters. The molecule has 1 N–H and O–H groups in total. The molecule has 19 heavy (non-hydrogen) atoms. The quantitative estimate of drug-likeness (QED) is 0.656. The van der Waals surface area contributed by atoms with E-state index in [1.165, 1.54) is 18.2 Å². The van der Waals surface area contributed by atoms with E-state index in [1.807, 2.05) is 0 Å². The molecule has 1 unspecified atom stereocenters. The minimum absolute atomic E-state index is 0.275. The van der Waals surface area contributed by atoms with E-state index in [1.54, 1.807) is 30.3 Å². The number of hydrogen-bond acceptors (Lipinski definition) is 4. The highest BCUT2D eigenvalue weighted by atomic mass is 16.7. The average Bonchev–Trinajstić information content (AvgIpc) is 2.72. The maximum atomic E-state index is 11.8. The van der Waals surface area contributed by atoms with Gasteiger partial charge < -0.3 is 9.84 Å². The van der Waals surface area contributed by atoms with Gasteiger partial charge in [-0.3, -0.25) is 4.79 Å². The van der Waals surface area contributed by atoms with Crippen molar-refractivity contribution >= 4 is 12.3 Å². The summed E-state index contributed by atoms with van der Waals surface area (Å²) in [7, 11) is 0. The van der Waals surface area contributed by atoms with Gasteiger partial charge in [-0.15, -0.1) is 0 Å². The van der Waals surface area contributed by atoms with Crippen LogP contribution in [0.3, 0.4) is 0 Å². The minimum Gasteiger partial charge on any atom is -0.421 e. The first-order valence-corrected chi connectivity index (χ1v) is 5.76. The lowest BCUT2D eigenvalue weighted by molar-refractivity contribution is -0.129. The lowest BCUT2D eigenvalue weighted by Crippen LogP contribution is -2.27. The van der Waals surface area contributed by atoms with Crippen LogP contribution in [0.4, 0.5) is 0 Å². The predicted octanol–water partition coefficient (Wildman–Crippen LogP) is 1.86. The van der Waals surface area contributed by atoms with Gasteiger partial charge in [-0.2, -0.15) is 0 Å². The highest BCUT2D eigenvalue weighted by Gasteiger charge is 2.45. The largest absolute Gasteiger partial charge is 0.421 e. The Morgan fingerprint density at radius 1 is 1.11 bits per heavy atom. The fourth-order valence-electron chi connectivity index (χ4n) is 2.22. The zero-order chi connectivity index (χ0) is 13.5. The summed E-state index contributed by atoms with van der Waals surface area (Å²) in [5, 5.41) is 10.6. The fourth-order valence-corrected chi connectivity index (χ4v) is 2.22. The monoisotopic (exact) mass is 254 g/mol. The highest BCUT2D eigenvalue weighted by molar-refractivity contribution is 5.96. The van der Waals surface area contributed by atoms with Crippen molar-refractivity contribution in [3.05, 3.63) is 70.8 Å². The third-order valence-electron chi connectivity index (χ3n) is 3.17. The molecule has 0 aromatic heterocycles. The summed E-state index contributed by atoms with van der Waals surface area (Å²) in [6.45, 7) is 0. The molecule has 0 saturated heterocycles. The van der Waals surface area contributed by atoms with Gasteiger partial charge in [-0.05, 0) is 12.1 Å². The van der Waals surface area contributed by atoms with Crippen molar-refractivity contribution in [3.63, 3.8) is 0 Å². The van der Waals surface area contributed by atoms with Gasteiger partial charge in [-0.25, -0.2) is 4.79 Å². The van der Waals surface area contributed by atoms with Crippen molar-refractivity contribution in [1.82, 2.24) is 0 Å². The number of fused-ring (bicyclic) bond motifs is 1. The molecule has 0 aliphatic carbocycles. The van der Waals surface area contributed by atoms with E-state index in [-0.39, 0.29) is 5.56 Å². The Bertz CT molecular complexity index is 663. The van der Waals surface area contributed by atoms with Crippen molar-refractivity contribution in [3.8, 4) is 0 Å². The van der Waals surface area contributed by atoms with Crippen molar-refractivity contribution in [2.45, 2.75) is 5.79 Å².